The molecule has 1 aliphatic rings. The Hall–Kier alpha value is -1.96. The molecule has 1 heterocycles. The largest absolute Gasteiger partial charge is 0.495 e. The van der Waals surface area contributed by atoms with Crippen LogP contribution in [0, 0.1) is 5.92 Å². The van der Waals surface area contributed by atoms with Crippen LogP contribution in [0.2, 0.25) is 0 Å². The molecule has 0 saturated carbocycles. The van der Waals surface area contributed by atoms with Crippen LogP contribution in [0.5, 0.6) is 5.75 Å². The standard InChI is InChI=1S/C16H22F3N3O2/c1-24-14-5-3-2-4-13(14)22-7-6-12(10-22)8-21-15(23)9-20-11-16(17,18)19/h2-5,12,20H,6-11H2,1H3,(H,21,23)/t12-/m0/s1. The van der Waals surface area contributed by atoms with E-state index in [1.165, 1.54) is 0 Å². The summed E-state index contributed by atoms with van der Waals surface area (Å²) in [6, 6.07) is 7.74. The highest BCUT2D eigenvalue weighted by Gasteiger charge is 2.27. The Balaban J connectivity index is 1.73. The number of halogens is 3. The van der Waals surface area contributed by atoms with E-state index in [2.05, 4.69) is 15.5 Å². The number of alkyl halides is 3. The highest BCUT2D eigenvalue weighted by molar-refractivity contribution is 5.78. The van der Waals surface area contributed by atoms with Crippen molar-refractivity contribution in [1.82, 2.24) is 10.6 Å². The summed E-state index contributed by atoms with van der Waals surface area (Å²) in [5.41, 5.74) is 1.01. The second-order valence-electron chi connectivity index (χ2n) is 5.80. The summed E-state index contributed by atoms with van der Waals surface area (Å²) >= 11 is 0. The summed E-state index contributed by atoms with van der Waals surface area (Å²) in [5.74, 6) is 0.648. The number of rotatable bonds is 7. The maximum Gasteiger partial charge on any atom is 0.401 e. The van der Waals surface area contributed by atoms with Crippen LogP contribution in [0.4, 0.5) is 18.9 Å². The lowest BCUT2D eigenvalue weighted by molar-refractivity contribution is -0.128. The van der Waals surface area contributed by atoms with E-state index in [1.807, 2.05) is 24.3 Å². The molecule has 0 aromatic heterocycles. The van der Waals surface area contributed by atoms with Crippen LogP contribution in [0.3, 0.4) is 0 Å². The number of benzene rings is 1. The van der Waals surface area contributed by atoms with Crippen molar-refractivity contribution in [2.45, 2.75) is 12.6 Å². The highest BCUT2D eigenvalue weighted by atomic mass is 19.4. The third-order valence-electron chi connectivity index (χ3n) is 3.91. The van der Waals surface area contributed by atoms with E-state index in [0.29, 0.717) is 6.54 Å². The Labute approximate surface area is 139 Å². The summed E-state index contributed by atoms with van der Waals surface area (Å²) < 4.78 is 41.3. The zero-order chi connectivity index (χ0) is 17.6. The number of anilines is 1. The van der Waals surface area contributed by atoms with Crippen LogP contribution < -0.4 is 20.3 Å². The van der Waals surface area contributed by atoms with Crippen molar-refractivity contribution >= 4 is 11.6 Å². The first-order chi connectivity index (χ1) is 11.4. The number of carbonyl (C=O) groups is 1. The number of para-hydroxylation sites is 2. The van der Waals surface area contributed by atoms with Gasteiger partial charge in [-0.25, -0.2) is 0 Å². The predicted molar refractivity (Wildman–Crippen MR) is 85.2 cm³/mol. The smallest absolute Gasteiger partial charge is 0.401 e. The van der Waals surface area contributed by atoms with Gasteiger partial charge in [0, 0.05) is 19.6 Å². The SMILES string of the molecule is COc1ccccc1N1CC[C@@H](CNC(=O)CNCC(F)(F)F)C1. The molecule has 1 aromatic rings. The summed E-state index contributed by atoms with van der Waals surface area (Å²) in [7, 11) is 1.63. The van der Waals surface area contributed by atoms with Crippen LogP contribution in [0.15, 0.2) is 24.3 Å². The van der Waals surface area contributed by atoms with Crippen molar-refractivity contribution in [2.24, 2.45) is 5.92 Å². The Bertz CT molecular complexity index is 552. The third-order valence-corrected chi connectivity index (χ3v) is 3.91. The minimum atomic E-state index is -4.30. The molecule has 134 valence electrons. The van der Waals surface area contributed by atoms with Crippen molar-refractivity contribution in [2.75, 3.05) is 44.7 Å². The molecule has 24 heavy (non-hydrogen) atoms. The second-order valence-corrected chi connectivity index (χ2v) is 5.80. The van der Waals surface area contributed by atoms with E-state index in [-0.39, 0.29) is 12.5 Å². The Morgan fingerprint density at radius 2 is 2.12 bits per heavy atom. The average Bonchev–Trinajstić information content (AvgIpc) is 3.00. The predicted octanol–water partition coefficient (Wildman–Crippen LogP) is 1.79. The van der Waals surface area contributed by atoms with Gasteiger partial charge in [0.2, 0.25) is 5.91 Å². The van der Waals surface area contributed by atoms with Gasteiger partial charge in [0.25, 0.3) is 0 Å². The number of amides is 1. The Kier molecular flexibility index (Phi) is 6.30. The van der Waals surface area contributed by atoms with Gasteiger partial charge in [-0.2, -0.15) is 13.2 Å². The molecule has 2 rings (SSSR count). The number of ether oxygens (including phenoxy) is 1. The molecule has 1 saturated heterocycles. The number of methoxy groups -OCH3 is 1. The molecule has 1 amide bonds. The van der Waals surface area contributed by atoms with Gasteiger partial charge in [-0.15, -0.1) is 0 Å². The van der Waals surface area contributed by atoms with Crippen molar-refractivity contribution < 1.29 is 22.7 Å². The van der Waals surface area contributed by atoms with Gasteiger partial charge in [0.15, 0.2) is 0 Å². The number of nitrogens with one attached hydrogen (secondary N) is 2. The topological polar surface area (TPSA) is 53.6 Å². The van der Waals surface area contributed by atoms with Crippen LogP contribution >= 0.6 is 0 Å². The summed E-state index contributed by atoms with van der Waals surface area (Å²) in [6.45, 7) is 0.593. The van der Waals surface area contributed by atoms with E-state index < -0.39 is 18.6 Å². The Morgan fingerprint density at radius 1 is 1.38 bits per heavy atom. The molecule has 0 bridgehead atoms. The van der Waals surface area contributed by atoms with Crippen LogP contribution in [-0.2, 0) is 4.79 Å². The van der Waals surface area contributed by atoms with Crippen molar-refractivity contribution in [3.63, 3.8) is 0 Å². The molecule has 1 aliphatic heterocycles. The van der Waals surface area contributed by atoms with Crippen molar-refractivity contribution in [3.05, 3.63) is 24.3 Å². The second kappa shape index (κ2) is 8.23. The fourth-order valence-electron chi connectivity index (χ4n) is 2.75. The monoisotopic (exact) mass is 345 g/mol. The maximum atomic E-state index is 12.0. The fraction of sp³-hybridized carbons (Fsp3) is 0.562. The Morgan fingerprint density at radius 3 is 2.83 bits per heavy atom. The van der Waals surface area contributed by atoms with Gasteiger partial charge in [-0.3, -0.25) is 4.79 Å². The molecule has 2 N–H and O–H groups in total. The van der Waals surface area contributed by atoms with Gasteiger partial charge in [0.1, 0.15) is 5.75 Å². The normalized spacial score (nSPS) is 17.8. The van der Waals surface area contributed by atoms with E-state index in [9.17, 15) is 18.0 Å². The quantitative estimate of drug-likeness (QED) is 0.791. The summed E-state index contributed by atoms with van der Waals surface area (Å²) in [6.07, 6.45) is -3.39. The molecular weight excluding hydrogens is 323 g/mol. The number of carbonyl (C=O) groups excluding carboxylic acids is 1. The zero-order valence-corrected chi connectivity index (χ0v) is 13.5. The first kappa shape index (κ1) is 18.4. The third kappa shape index (κ3) is 5.59. The molecule has 8 heteroatoms. The average molecular weight is 345 g/mol. The fourth-order valence-corrected chi connectivity index (χ4v) is 2.75. The lowest BCUT2D eigenvalue weighted by Crippen LogP contribution is -2.40. The molecular formula is C16H22F3N3O2. The van der Waals surface area contributed by atoms with Crippen LogP contribution in [0.1, 0.15) is 6.42 Å². The number of hydrogen-bond donors (Lipinski definition) is 2. The van der Waals surface area contributed by atoms with Crippen molar-refractivity contribution in [3.8, 4) is 5.75 Å². The molecule has 1 aromatic carbocycles. The number of nitrogens with zero attached hydrogens (tertiary/aromatic N) is 1. The lowest BCUT2D eigenvalue weighted by atomic mass is 10.1. The first-order valence-electron chi connectivity index (χ1n) is 7.81. The summed E-state index contributed by atoms with van der Waals surface area (Å²) in [4.78, 5) is 13.8. The van der Waals surface area contributed by atoms with Gasteiger partial charge in [0.05, 0.1) is 25.9 Å². The van der Waals surface area contributed by atoms with Gasteiger partial charge in [-0.1, -0.05) is 12.1 Å². The van der Waals surface area contributed by atoms with Gasteiger partial charge < -0.3 is 20.3 Å². The molecule has 1 atom stereocenters. The molecule has 0 aliphatic carbocycles. The zero-order valence-electron chi connectivity index (χ0n) is 13.5. The summed E-state index contributed by atoms with van der Waals surface area (Å²) in [5, 5.41) is 4.77. The minimum absolute atomic E-state index is 0.265. The molecule has 1 fully saturated rings. The highest BCUT2D eigenvalue weighted by Crippen LogP contribution is 2.31. The van der Waals surface area contributed by atoms with E-state index in [4.69, 9.17) is 4.74 Å². The lowest BCUT2D eigenvalue weighted by Gasteiger charge is -2.21. The maximum absolute atomic E-state index is 12.0. The van der Waals surface area contributed by atoms with E-state index in [1.54, 1.807) is 7.11 Å². The van der Waals surface area contributed by atoms with Crippen LogP contribution in [0.25, 0.3) is 0 Å². The van der Waals surface area contributed by atoms with E-state index >= 15 is 0 Å². The first-order valence-corrected chi connectivity index (χ1v) is 7.81. The number of hydrogen-bond acceptors (Lipinski definition) is 4. The molecule has 0 radical (unpaired) electrons. The molecule has 5 nitrogen and oxygen atoms in total. The van der Waals surface area contributed by atoms with E-state index in [0.717, 1.165) is 30.9 Å². The molecule has 0 unspecified atom stereocenters. The minimum Gasteiger partial charge on any atom is -0.495 e. The van der Waals surface area contributed by atoms with Crippen LogP contribution in [-0.4, -0.2) is 51.9 Å². The molecule has 0 spiro atoms. The van der Waals surface area contributed by atoms with Gasteiger partial charge >= 0.3 is 6.18 Å². The van der Waals surface area contributed by atoms with Crippen molar-refractivity contribution in [1.29, 1.82) is 0 Å². The van der Waals surface area contributed by atoms with Gasteiger partial charge in [-0.05, 0) is 24.5 Å².